The van der Waals surface area contributed by atoms with E-state index in [0.717, 1.165) is 12.8 Å². The molecular weight excluding hydrogens is 262 g/mol. The lowest BCUT2D eigenvalue weighted by Gasteiger charge is -2.44. The molecule has 1 atom stereocenters. The Morgan fingerprint density at radius 1 is 1.55 bits per heavy atom. The largest absolute Gasteiger partial charge is 0.465 e. The molecule has 0 spiro atoms. The van der Waals surface area contributed by atoms with Crippen LogP contribution in [0, 0.1) is 0 Å². The standard InChI is InChI=1S/C12H19N5O3/c1-2-5-10(18)14-12(9-8-13-16-15-9)6-3-4-7-17(12)11(19)20/h8H,2-7H2,1H3,(H,14,18)(H,19,20)(H,13,15,16). The van der Waals surface area contributed by atoms with Gasteiger partial charge < -0.3 is 10.4 Å². The van der Waals surface area contributed by atoms with Gasteiger partial charge in [-0.3, -0.25) is 9.69 Å². The lowest BCUT2D eigenvalue weighted by Crippen LogP contribution is -2.61. The van der Waals surface area contributed by atoms with Crippen LogP contribution in [-0.2, 0) is 10.5 Å². The second kappa shape index (κ2) is 5.89. The van der Waals surface area contributed by atoms with Crippen molar-refractivity contribution in [2.45, 2.75) is 44.7 Å². The quantitative estimate of drug-likeness (QED) is 0.763. The lowest BCUT2D eigenvalue weighted by atomic mass is 9.92. The van der Waals surface area contributed by atoms with E-state index in [1.54, 1.807) is 0 Å². The third-order valence-corrected chi connectivity index (χ3v) is 3.52. The van der Waals surface area contributed by atoms with Crippen molar-refractivity contribution in [1.29, 1.82) is 0 Å². The van der Waals surface area contributed by atoms with Crippen LogP contribution in [-0.4, -0.2) is 44.0 Å². The number of nitrogens with one attached hydrogen (secondary N) is 2. The Balaban J connectivity index is 2.36. The number of amides is 2. The summed E-state index contributed by atoms with van der Waals surface area (Å²) in [6.45, 7) is 2.27. The molecule has 0 saturated carbocycles. The molecule has 1 saturated heterocycles. The smallest absolute Gasteiger partial charge is 0.409 e. The molecule has 1 unspecified atom stereocenters. The highest BCUT2D eigenvalue weighted by atomic mass is 16.4. The van der Waals surface area contributed by atoms with Crippen molar-refractivity contribution in [2.75, 3.05) is 6.54 Å². The number of likely N-dealkylation sites (tertiary alicyclic amines) is 1. The second-order valence-corrected chi connectivity index (χ2v) is 4.91. The van der Waals surface area contributed by atoms with Crippen LogP contribution in [0.25, 0.3) is 0 Å². The van der Waals surface area contributed by atoms with Crippen molar-refractivity contribution in [1.82, 2.24) is 25.6 Å². The van der Waals surface area contributed by atoms with E-state index in [0.29, 0.717) is 31.5 Å². The van der Waals surface area contributed by atoms with Gasteiger partial charge in [-0.15, -0.1) is 0 Å². The number of rotatable bonds is 4. The minimum absolute atomic E-state index is 0.177. The molecule has 1 aromatic rings. The number of H-pyrrole nitrogens is 1. The molecule has 2 rings (SSSR count). The van der Waals surface area contributed by atoms with Crippen molar-refractivity contribution in [3.8, 4) is 0 Å². The molecule has 20 heavy (non-hydrogen) atoms. The summed E-state index contributed by atoms with van der Waals surface area (Å²) in [7, 11) is 0. The van der Waals surface area contributed by atoms with E-state index in [1.807, 2.05) is 6.92 Å². The maximum atomic E-state index is 12.0. The molecule has 2 heterocycles. The number of aromatic amines is 1. The van der Waals surface area contributed by atoms with E-state index in [2.05, 4.69) is 20.7 Å². The fraction of sp³-hybridized carbons (Fsp3) is 0.667. The van der Waals surface area contributed by atoms with Gasteiger partial charge in [0.2, 0.25) is 5.91 Å². The predicted octanol–water partition coefficient (Wildman–Crippen LogP) is 1.04. The van der Waals surface area contributed by atoms with Crippen LogP contribution >= 0.6 is 0 Å². The third kappa shape index (κ3) is 2.59. The third-order valence-electron chi connectivity index (χ3n) is 3.52. The molecule has 3 N–H and O–H groups in total. The van der Waals surface area contributed by atoms with E-state index < -0.39 is 11.8 Å². The number of carbonyl (C=O) groups excluding carboxylic acids is 1. The van der Waals surface area contributed by atoms with Crippen LogP contribution in [0.3, 0.4) is 0 Å². The zero-order valence-electron chi connectivity index (χ0n) is 11.4. The number of aromatic nitrogens is 3. The monoisotopic (exact) mass is 281 g/mol. The summed E-state index contributed by atoms with van der Waals surface area (Å²) in [5.41, 5.74) is -0.673. The first-order chi connectivity index (χ1) is 9.60. The van der Waals surface area contributed by atoms with E-state index in [1.165, 1.54) is 11.1 Å². The van der Waals surface area contributed by atoms with Gasteiger partial charge in [-0.1, -0.05) is 6.92 Å². The Morgan fingerprint density at radius 3 is 2.95 bits per heavy atom. The normalized spacial score (nSPS) is 22.6. The van der Waals surface area contributed by atoms with E-state index >= 15 is 0 Å². The molecule has 0 bridgehead atoms. The van der Waals surface area contributed by atoms with Gasteiger partial charge in [-0.2, -0.15) is 15.4 Å². The number of hydrogen-bond donors (Lipinski definition) is 3. The van der Waals surface area contributed by atoms with Gasteiger partial charge >= 0.3 is 6.09 Å². The van der Waals surface area contributed by atoms with Gasteiger partial charge in [-0.25, -0.2) is 4.79 Å². The zero-order valence-corrected chi connectivity index (χ0v) is 11.4. The van der Waals surface area contributed by atoms with Crippen molar-refractivity contribution >= 4 is 12.0 Å². The van der Waals surface area contributed by atoms with Crippen molar-refractivity contribution in [2.24, 2.45) is 0 Å². The van der Waals surface area contributed by atoms with Crippen molar-refractivity contribution in [3.05, 3.63) is 11.9 Å². The van der Waals surface area contributed by atoms with Crippen molar-refractivity contribution < 1.29 is 14.7 Å². The topological polar surface area (TPSA) is 111 Å². The molecule has 110 valence electrons. The summed E-state index contributed by atoms with van der Waals surface area (Å²) in [5.74, 6) is -0.177. The SMILES string of the molecule is CCCC(=O)NC1(c2cn[nH]n2)CCCCN1C(=O)O. The van der Waals surface area contributed by atoms with Crippen LogP contribution in [0.1, 0.15) is 44.7 Å². The Hall–Kier alpha value is -2.12. The highest BCUT2D eigenvalue weighted by molar-refractivity contribution is 5.78. The number of hydrogen-bond acceptors (Lipinski definition) is 4. The van der Waals surface area contributed by atoms with Gasteiger partial charge in [0, 0.05) is 13.0 Å². The van der Waals surface area contributed by atoms with Gasteiger partial charge in [0.25, 0.3) is 0 Å². The van der Waals surface area contributed by atoms with E-state index in [-0.39, 0.29) is 5.91 Å². The highest BCUT2D eigenvalue weighted by Gasteiger charge is 2.46. The lowest BCUT2D eigenvalue weighted by molar-refractivity contribution is -0.126. The second-order valence-electron chi connectivity index (χ2n) is 4.91. The van der Waals surface area contributed by atoms with Crippen LogP contribution in [0.4, 0.5) is 4.79 Å². The molecule has 8 nitrogen and oxygen atoms in total. The first-order valence-electron chi connectivity index (χ1n) is 6.78. The fourth-order valence-electron chi connectivity index (χ4n) is 2.62. The Bertz CT molecular complexity index is 475. The van der Waals surface area contributed by atoms with Crippen LogP contribution in [0.2, 0.25) is 0 Å². The van der Waals surface area contributed by atoms with E-state index in [9.17, 15) is 14.7 Å². The Labute approximate surface area is 116 Å². The van der Waals surface area contributed by atoms with Crippen LogP contribution in [0.15, 0.2) is 6.20 Å². The van der Waals surface area contributed by atoms with Crippen molar-refractivity contribution in [3.63, 3.8) is 0 Å². The molecule has 0 radical (unpaired) electrons. The van der Waals surface area contributed by atoms with Crippen LogP contribution < -0.4 is 5.32 Å². The van der Waals surface area contributed by atoms with Gasteiger partial charge in [-0.05, 0) is 25.7 Å². The molecule has 0 aliphatic carbocycles. The number of piperidine rings is 1. The molecule has 1 fully saturated rings. The Kier molecular flexibility index (Phi) is 4.21. The first-order valence-corrected chi connectivity index (χ1v) is 6.78. The summed E-state index contributed by atoms with van der Waals surface area (Å²) in [4.78, 5) is 24.8. The summed E-state index contributed by atoms with van der Waals surface area (Å²) in [5, 5.41) is 22.5. The maximum Gasteiger partial charge on any atom is 0.409 e. The molecule has 0 aromatic carbocycles. The van der Waals surface area contributed by atoms with Gasteiger partial charge in [0.05, 0.1) is 6.20 Å². The average Bonchev–Trinajstić information content (AvgIpc) is 2.93. The van der Waals surface area contributed by atoms with Crippen LogP contribution in [0.5, 0.6) is 0 Å². The fourth-order valence-corrected chi connectivity index (χ4v) is 2.62. The Morgan fingerprint density at radius 2 is 2.35 bits per heavy atom. The number of carboxylic acid groups (broad SMARTS) is 1. The first kappa shape index (κ1) is 14.3. The summed E-state index contributed by atoms with van der Waals surface area (Å²) >= 11 is 0. The zero-order chi connectivity index (χ0) is 14.6. The minimum Gasteiger partial charge on any atom is -0.465 e. The predicted molar refractivity (Wildman–Crippen MR) is 69.7 cm³/mol. The highest BCUT2D eigenvalue weighted by Crippen LogP contribution is 2.34. The summed E-state index contributed by atoms with van der Waals surface area (Å²) in [6, 6.07) is 0. The molecule has 2 amide bonds. The van der Waals surface area contributed by atoms with E-state index in [4.69, 9.17) is 0 Å². The van der Waals surface area contributed by atoms with Gasteiger partial charge in [0.1, 0.15) is 5.69 Å². The molecule has 1 aliphatic rings. The van der Waals surface area contributed by atoms with Gasteiger partial charge in [0.15, 0.2) is 5.66 Å². The minimum atomic E-state index is -1.11. The summed E-state index contributed by atoms with van der Waals surface area (Å²) in [6.07, 6.45) is 3.55. The molecular formula is C12H19N5O3. The maximum absolute atomic E-state index is 12.0. The number of nitrogens with zero attached hydrogens (tertiary/aromatic N) is 3. The molecule has 1 aliphatic heterocycles. The molecule has 8 heteroatoms. The molecule has 1 aromatic heterocycles. The average molecular weight is 281 g/mol. The number of carbonyl (C=O) groups is 2. The summed E-state index contributed by atoms with van der Waals surface area (Å²) < 4.78 is 0.